The van der Waals surface area contributed by atoms with E-state index in [1.807, 2.05) is 19.1 Å². The number of nitrogens with one attached hydrogen (secondary N) is 1. The van der Waals surface area contributed by atoms with Gasteiger partial charge in [0.2, 0.25) is 0 Å². The number of halogens is 1. The van der Waals surface area contributed by atoms with Gasteiger partial charge >= 0.3 is 5.97 Å². The Morgan fingerprint density at radius 3 is 2.47 bits per heavy atom. The van der Waals surface area contributed by atoms with Crippen LogP contribution in [0.4, 0.5) is 10.1 Å². The molecule has 0 bridgehead atoms. The summed E-state index contributed by atoms with van der Waals surface area (Å²) in [6.07, 6.45) is 0. The highest BCUT2D eigenvalue weighted by Gasteiger charge is 2.22. The van der Waals surface area contributed by atoms with Gasteiger partial charge in [-0.25, -0.2) is 9.18 Å². The number of rotatable bonds is 4. The zero-order valence-corrected chi connectivity index (χ0v) is 11.5. The lowest BCUT2D eigenvalue weighted by Gasteiger charge is -2.16. The smallest absolute Gasteiger partial charge is 0.333 e. The molecular weight excluding hydrogens is 265 g/mol. The molecule has 0 amide bonds. The normalized spacial score (nSPS) is 11.9. The monoisotopic (exact) mass is 279 g/mol. The van der Waals surface area contributed by atoms with Crippen molar-refractivity contribution in [2.45, 2.75) is 13.0 Å². The number of benzene rings is 1. The molecule has 1 heterocycles. The molecule has 19 heavy (non-hydrogen) atoms. The number of esters is 1. The Balaban J connectivity index is 2.23. The van der Waals surface area contributed by atoms with E-state index in [1.165, 1.54) is 30.6 Å². The molecule has 0 saturated carbocycles. The third-order valence-electron chi connectivity index (χ3n) is 2.64. The topological polar surface area (TPSA) is 38.3 Å². The molecule has 0 fully saturated rings. The van der Waals surface area contributed by atoms with Crippen LogP contribution >= 0.6 is 11.3 Å². The average molecular weight is 279 g/mol. The first-order chi connectivity index (χ1) is 9.10. The van der Waals surface area contributed by atoms with Gasteiger partial charge in [0.1, 0.15) is 5.82 Å². The fourth-order valence-corrected chi connectivity index (χ4v) is 2.60. The van der Waals surface area contributed by atoms with Crippen molar-refractivity contribution in [1.82, 2.24) is 0 Å². The number of hydrogen-bond donors (Lipinski definition) is 1. The number of anilines is 1. The summed E-state index contributed by atoms with van der Waals surface area (Å²) in [7, 11) is 1.35. The van der Waals surface area contributed by atoms with Crippen LogP contribution in [0.3, 0.4) is 0 Å². The molecular formula is C14H14FNO2S. The van der Waals surface area contributed by atoms with Gasteiger partial charge in [0.15, 0.2) is 6.04 Å². The van der Waals surface area contributed by atoms with Crippen molar-refractivity contribution in [3.05, 3.63) is 52.0 Å². The molecule has 5 heteroatoms. The van der Waals surface area contributed by atoms with Gasteiger partial charge in [-0.3, -0.25) is 0 Å². The van der Waals surface area contributed by atoms with Crippen LogP contribution in [0.25, 0.3) is 0 Å². The van der Waals surface area contributed by atoms with Crippen LogP contribution in [0, 0.1) is 12.7 Å². The van der Waals surface area contributed by atoms with E-state index in [1.54, 1.807) is 12.1 Å². The van der Waals surface area contributed by atoms with Crippen molar-refractivity contribution in [3.8, 4) is 0 Å². The highest BCUT2D eigenvalue weighted by atomic mass is 32.1. The maximum absolute atomic E-state index is 12.9. The quantitative estimate of drug-likeness (QED) is 0.870. The van der Waals surface area contributed by atoms with Crippen molar-refractivity contribution >= 4 is 23.0 Å². The van der Waals surface area contributed by atoms with Gasteiger partial charge in [-0.2, -0.15) is 0 Å². The molecule has 1 aromatic heterocycles. The summed E-state index contributed by atoms with van der Waals surface area (Å²) in [5, 5.41) is 3.06. The minimum Gasteiger partial charge on any atom is -0.467 e. The van der Waals surface area contributed by atoms with E-state index in [0.29, 0.717) is 5.69 Å². The van der Waals surface area contributed by atoms with Gasteiger partial charge in [0.05, 0.1) is 7.11 Å². The third kappa shape index (κ3) is 3.32. The Bertz CT molecular complexity index is 565. The van der Waals surface area contributed by atoms with E-state index in [2.05, 4.69) is 5.32 Å². The molecule has 1 N–H and O–H groups in total. The summed E-state index contributed by atoms with van der Waals surface area (Å²) >= 11 is 1.52. The summed E-state index contributed by atoms with van der Waals surface area (Å²) in [6.45, 7) is 1.97. The molecule has 0 aliphatic rings. The maximum atomic E-state index is 12.9. The van der Waals surface area contributed by atoms with Crippen molar-refractivity contribution in [2.24, 2.45) is 0 Å². The fourth-order valence-electron chi connectivity index (χ4n) is 1.69. The van der Waals surface area contributed by atoms with E-state index >= 15 is 0 Å². The molecule has 2 aromatic rings. The predicted octanol–water partition coefficient (Wildman–Crippen LogP) is 3.52. The van der Waals surface area contributed by atoms with Crippen LogP contribution in [0.15, 0.2) is 36.4 Å². The second-order valence-electron chi connectivity index (χ2n) is 4.06. The highest BCUT2D eigenvalue weighted by Crippen LogP contribution is 2.27. The van der Waals surface area contributed by atoms with Gasteiger partial charge < -0.3 is 10.1 Å². The van der Waals surface area contributed by atoms with Gasteiger partial charge in [0.25, 0.3) is 0 Å². The molecule has 1 unspecified atom stereocenters. The number of carbonyl (C=O) groups is 1. The van der Waals surface area contributed by atoms with Gasteiger partial charge in [-0.1, -0.05) is 0 Å². The van der Waals surface area contributed by atoms with E-state index in [9.17, 15) is 9.18 Å². The van der Waals surface area contributed by atoms with E-state index in [4.69, 9.17) is 4.74 Å². The highest BCUT2D eigenvalue weighted by molar-refractivity contribution is 7.12. The van der Waals surface area contributed by atoms with Crippen LogP contribution in [-0.4, -0.2) is 13.1 Å². The van der Waals surface area contributed by atoms with Crippen LogP contribution in [0.1, 0.15) is 15.8 Å². The molecule has 0 spiro atoms. The second-order valence-corrected chi connectivity index (χ2v) is 5.38. The summed E-state index contributed by atoms with van der Waals surface area (Å²) in [4.78, 5) is 13.8. The molecule has 100 valence electrons. The van der Waals surface area contributed by atoms with E-state index < -0.39 is 6.04 Å². The number of thiophene rings is 1. The number of aryl methyl sites for hydroxylation is 1. The first-order valence-electron chi connectivity index (χ1n) is 5.76. The Labute approximate surface area is 115 Å². The maximum Gasteiger partial charge on any atom is 0.333 e. The van der Waals surface area contributed by atoms with Crippen LogP contribution in [0.5, 0.6) is 0 Å². The molecule has 0 aliphatic carbocycles. The van der Waals surface area contributed by atoms with Crippen molar-refractivity contribution in [1.29, 1.82) is 0 Å². The Morgan fingerprint density at radius 2 is 1.95 bits per heavy atom. The van der Waals surface area contributed by atoms with Crippen molar-refractivity contribution in [3.63, 3.8) is 0 Å². The SMILES string of the molecule is COC(=O)C(Nc1ccc(F)cc1)c1ccc(C)s1. The van der Waals surface area contributed by atoms with Gasteiger partial charge in [0, 0.05) is 15.4 Å². The third-order valence-corrected chi connectivity index (χ3v) is 3.70. The lowest BCUT2D eigenvalue weighted by atomic mass is 10.2. The minimum atomic E-state index is -0.575. The number of carbonyl (C=O) groups excluding carboxylic acids is 1. The standard InChI is InChI=1S/C14H14FNO2S/c1-9-3-8-12(19-9)13(14(17)18-2)16-11-6-4-10(15)5-7-11/h3-8,13,16H,1-2H3. The molecule has 1 aromatic carbocycles. The number of hydrogen-bond acceptors (Lipinski definition) is 4. The van der Waals surface area contributed by atoms with Crippen molar-refractivity contribution in [2.75, 3.05) is 12.4 Å². The second kappa shape index (κ2) is 5.84. The van der Waals surface area contributed by atoms with Crippen LogP contribution in [-0.2, 0) is 9.53 Å². The Hall–Kier alpha value is -1.88. The summed E-state index contributed by atoms with van der Waals surface area (Å²) in [5.74, 6) is -0.682. The van der Waals surface area contributed by atoms with E-state index in [0.717, 1.165) is 9.75 Å². The summed E-state index contributed by atoms with van der Waals surface area (Å²) < 4.78 is 17.7. The first-order valence-corrected chi connectivity index (χ1v) is 6.58. The number of ether oxygens (including phenoxy) is 1. The largest absolute Gasteiger partial charge is 0.467 e. The average Bonchev–Trinajstić information content (AvgIpc) is 2.83. The first kappa shape index (κ1) is 13.5. The van der Waals surface area contributed by atoms with Crippen molar-refractivity contribution < 1.29 is 13.9 Å². The Morgan fingerprint density at radius 1 is 1.26 bits per heavy atom. The summed E-state index contributed by atoms with van der Waals surface area (Å²) in [5.41, 5.74) is 0.669. The van der Waals surface area contributed by atoms with Gasteiger partial charge in [-0.15, -0.1) is 11.3 Å². The zero-order chi connectivity index (χ0) is 13.8. The molecule has 0 aliphatic heterocycles. The molecule has 0 saturated heterocycles. The lowest BCUT2D eigenvalue weighted by Crippen LogP contribution is -2.21. The number of methoxy groups -OCH3 is 1. The minimum absolute atomic E-state index is 0.313. The molecule has 2 rings (SSSR count). The van der Waals surface area contributed by atoms with E-state index in [-0.39, 0.29) is 11.8 Å². The fraction of sp³-hybridized carbons (Fsp3) is 0.214. The predicted molar refractivity (Wildman–Crippen MR) is 73.8 cm³/mol. The lowest BCUT2D eigenvalue weighted by molar-refractivity contribution is -0.141. The van der Waals surface area contributed by atoms with Crippen LogP contribution in [0.2, 0.25) is 0 Å². The molecule has 1 atom stereocenters. The van der Waals surface area contributed by atoms with Gasteiger partial charge in [-0.05, 0) is 43.3 Å². The zero-order valence-electron chi connectivity index (χ0n) is 10.6. The molecule has 3 nitrogen and oxygen atoms in total. The van der Waals surface area contributed by atoms with Crippen LogP contribution < -0.4 is 5.32 Å². The molecule has 0 radical (unpaired) electrons. The Kier molecular flexibility index (Phi) is 4.16. The summed E-state index contributed by atoms with van der Waals surface area (Å²) in [6, 6.07) is 9.12.